The maximum Gasteiger partial charge on any atom is 0.0629 e. The first-order chi connectivity index (χ1) is 14.6. The molecule has 2 heteroatoms. The molecule has 0 bridgehead atoms. The Morgan fingerprint density at radius 2 is 1.07 bits per heavy atom. The number of hydrogen-bond donors (Lipinski definition) is 0. The molecule has 0 aliphatic rings. The van der Waals surface area contributed by atoms with Crippen molar-refractivity contribution in [3.05, 3.63) is 108 Å². The summed E-state index contributed by atoms with van der Waals surface area (Å²) in [6, 6.07) is 32.6. The molecule has 0 aromatic heterocycles. The summed E-state index contributed by atoms with van der Waals surface area (Å²) in [5, 5.41) is 0. The maximum atomic E-state index is 6.35. The molecule has 0 heterocycles. The van der Waals surface area contributed by atoms with Crippen molar-refractivity contribution in [2.45, 2.75) is 52.4 Å². The second-order valence-electron chi connectivity index (χ2n) is 8.50. The lowest BCUT2D eigenvalue weighted by atomic mass is 10.0. The molecule has 3 rings (SSSR count). The second-order valence-corrected chi connectivity index (χ2v) is 8.50. The molecule has 0 saturated carbocycles. The van der Waals surface area contributed by atoms with Crippen LogP contribution in [-0.2, 0) is 24.2 Å². The summed E-state index contributed by atoms with van der Waals surface area (Å²) in [7, 11) is 0. The summed E-state index contributed by atoms with van der Waals surface area (Å²) < 4.78 is 6.35. The molecule has 3 aromatic rings. The Bertz CT molecular complexity index is 791. The van der Waals surface area contributed by atoms with Crippen LogP contribution in [0, 0.1) is 5.92 Å². The van der Waals surface area contributed by atoms with E-state index in [0.717, 1.165) is 26.1 Å². The molecular formula is C28H35NO. The highest BCUT2D eigenvalue weighted by molar-refractivity contribution is 5.19. The van der Waals surface area contributed by atoms with Crippen LogP contribution in [-0.4, -0.2) is 23.7 Å². The summed E-state index contributed by atoms with van der Waals surface area (Å²) in [6.45, 7) is 9.18. The van der Waals surface area contributed by atoms with Crippen molar-refractivity contribution < 1.29 is 4.74 Å². The van der Waals surface area contributed by atoms with Crippen molar-refractivity contribution in [3.63, 3.8) is 0 Å². The minimum absolute atomic E-state index is 0.249. The van der Waals surface area contributed by atoms with E-state index in [9.17, 15) is 0 Å². The van der Waals surface area contributed by atoms with Gasteiger partial charge in [-0.1, -0.05) is 105 Å². The van der Waals surface area contributed by atoms with Gasteiger partial charge < -0.3 is 4.74 Å². The van der Waals surface area contributed by atoms with Gasteiger partial charge in [-0.15, -0.1) is 0 Å². The zero-order valence-corrected chi connectivity index (χ0v) is 18.6. The van der Waals surface area contributed by atoms with Crippen LogP contribution >= 0.6 is 0 Å². The van der Waals surface area contributed by atoms with Crippen molar-refractivity contribution in [1.82, 2.24) is 4.90 Å². The summed E-state index contributed by atoms with van der Waals surface area (Å²) in [6.07, 6.45) is 1.23. The van der Waals surface area contributed by atoms with Crippen LogP contribution in [0.5, 0.6) is 0 Å². The quantitative estimate of drug-likeness (QED) is 0.370. The number of nitrogens with zero attached hydrogens (tertiary/aromatic N) is 1. The Balaban J connectivity index is 1.84. The van der Waals surface area contributed by atoms with E-state index in [-0.39, 0.29) is 6.10 Å². The molecule has 0 fully saturated rings. The highest BCUT2D eigenvalue weighted by Gasteiger charge is 2.22. The Morgan fingerprint density at radius 1 is 0.633 bits per heavy atom. The smallest absolute Gasteiger partial charge is 0.0629 e. The van der Waals surface area contributed by atoms with Gasteiger partial charge in [0, 0.05) is 19.1 Å². The lowest BCUT2D eigenvalue weighted by Gasteiger charge is -2.33. The van der Waals surface area contributed by atoms with Crippen LogP contribution in [0.2, 0.25) is 0 Å². The highest BCUT2D eigenvalue weighted by atomic mass is 16.5. The van der Waals surface area contributed by atoms with E-state index in [0.29, 0.717) is 12.0 Å². The lowest BCUT2D eigenvalue weighted by molar-refractivity contribution is -0.00830. The predicted octanol–water partition coefficient (Wildman–Crippen LogP) is 6.36. The van der Waals surface area contributed by atoms with Crippen molar-refractivity contribution >= 4 is 0 Å². The highest BCUT2D eigenvalue weighted by Crippen LogP contribution is 2.19. The third-order valence-electron chi connectivity index (χ3n) is 5.78. The largest absolute Gasteiger partial charge is 0.377 e. The monoisotopic (exact) mass is 401 g/mol. The second kappa shape index (κ2) is 11.7. The van der Waals surface area contributed by atoms with Gasteiger partial charge in [-0.2, -0.15) is 0 Å². The SMILES string of the molecule is CC(C)C(C)OCC(Cc1ccccc1)N(Cc1ccccc1)Cc1ccccc1. The van der Waals surface area contributed by atoms with Gasteiger partial charge in [0.1, 0.15) is 0 Å². The van der Waals surface area contributed by atoms with Gasteiger partial charge in [-0.25, -0.2) is 0 Å². The van der Waals surface area contributed by atoms with Crippen LogP contribution in [0.25, 0.3) is 0 Å². The molecule has 0 saturated heterocycles. The molecule has 0 amide bonds. The fourth-order valence-corrected chi connectivity index (χ4v) is 3.58. The topological polar surface area (TPSA) is 12.5 Å². The first-order valence-electron chi connectivity index (χ1n) is 11.1. The molecule has 0 radical (unpaired) electrons. The van der Waals surface area contributed by atoms with Gasteiger partial charge in [-0.3, -0.25) is 4.90 Å². The zero-order valence-electron chi connectivity index (χ0n) is 18.6. The number of hydrogen-bond acceptors (Lipinski definition) is 2. The average molecular weight is 402 g/mol. The normalized spacial score (nSPS) is 13.5. The minimum Gasteiger partial charge on any atom is -0.377 e. The van der Waals surface area contributed by atoms with Crippen molar-refractivity contribution in [3.8, 4) is 0 Å². The minimum atomic E-state index is 0.249. The van der Waals surface area contributed by atoms with Gasteiger partial charge in [0.15, 0.2) is 0 Å². The Kier molecular flexibility index (Phi) is 8.67. The van der Waals surface area contributed by atoms with E-state index in [1.54, 1.807) is 0 Å². The summed E-state index contributed by atoms with van der Waals surface area (Å²) in [4.78, 5) is 2.57. The molecule has 0 N–H and O–H groups in total. The number of rotatable bonds is 11. The van der Waals surface area contributed by atoms with Gasteiger partial charge >= 0.3 is 0 Å². The van der Waals surface area contributed by atoms with E-state index in [1.165, 1.54) is 16.7 Å². The molecule has 2 unspecified atom stereocenters. The first kappa shape index (κ1) is 22.3. The fraction of sp³-hybridized carbons (Fsp3) is 0.357. The van der Waals surface area contributed by atoms with Gasteiger partial charge in [0.05, 0.1) is 12.7 Å². The maximum absolute atomic E-state index is 6.35. The van der Waals surface area contributed by atoms with Crippen LogP contribution in [0.1, 0.15) is 37.5 Å². The molecule has 2 nitrogen and oxygen atoms in total. The van der Waals surface area contributed by atoms with E-state index in [2.05, 4.69) is 117 Å². The molecule has 0 spiro atoms. The molecule has 2 atom stereocenters. The Hall–Kier alpha value is -2.42. The van der Waals surface area contributed by atoms with Gasteiger partial charge in [-0.05, 0) is 36.0 Å². The van der Waals surface area contributed by atoms with E-state index < -0.39 is 0 Å². The van der Waals surface area contributed by atoms with E-state index in [1.807, 2.05) is 0 Å². The Labute approximate surface area is 182 Å². The molecule has 0 aliphatic carbocycles. The fourth-order valence-electron chi connectivity index (χ4n) is 3.58. The third kappa shape index (κ3) is 7.12. The van der Waals surface area contributed by atoms with Crippen LogP contribution in [0.15, 0.2) is 91.0 Å². The predicted molar refractivity (Wildman–Crippen MR) is 126 cm³/mol. The van der Waals surface area contributed by atoms with Crippen molar-refractivity contribution in [2.24, 2.45) is 5.92 Å². The molecule has 3 aromatic carbocycles. The first-order valence-corrected chi connectivity index (χ1v) is 11.1. The van der Waals surface area contributed by atoms with Crippen LogP contribution < -0.4 is 0 Å². The third-order valence-corrected chi connectivity index (χ3v) is 5.78. The summed E-state index contributed by atoms with van der Waals surface area (Å²) in [5.41, 5.74) is 4.03. The van der Waals surface area contributed by atoms with Gasteiger partial charge in [0.2, 0.25) is 0 Å². The lowest BCUT2D eigenvalue weighted by Crippen LogP contribution is -2.40. The van der Waals surface area contributed by atoms with Crippen LogP contribution in [0.3, 0.4) is 0 Å². The van der Waals surface area contributed by atoms with Crippen molar-refractivity contribution in [2.75, 3.05) is 6.61 Å². The molecule has 0 aliphatic heterocycles. The molecule has 158 valence electrons. The van der Waals surface area contributed by atoms with E-state index in [4.69, 9.17) is 4.74 Å². The number of ether oxygens (including phenoxy) is 1. The standard InChI is InChI=1S/C28H35NO/c1-23(2)24(3)30-22-28(19-25-13-7-4-8-14-25)29(20-26-15-9-5-10-16-26)21-27-17-11-6-12-18-27/h4-18,23-24,28H,19-22H2,1-3H3. The van der Waals surface area contributed by atoms with Gasteiger partial charge in [0.25, 0.3) is 0 Å². The average Bonchev–Trinajstić information content (AvgIpc) is 2.78. The number of benzene rings is 3. The molecule has 30 heavy (non-hydrogen) atoms. The zero-order chi connectivity index (χ0) is 21.2. The van der Waals surface area contributed by atoms with Crippen LogP contribution in [0.4, 0.5) is 0 Å². The molecular weight excluding hydrogens is 366 g/mol. The summed E-state index contributed by atoms with van der Waals surface area (Å²) >= 11 is 0. The van der Waals surface area contributed by atoms with E-state index >= 15 is 0 Å². The van der Waals surface area contributed by atoms with Crippen molar-refractivity contribution in [1.29, 1.82) is 0 Å². The Morgan fingerprint density at radius 3 is 1.50 bits per heavy atom. The summed E-state index contributed by atoms with van der Waals surface area (Å²) in [5.74, 6) is 0.513.